The van der Waals surface area contributed by atoms with Crippen LogP contribution in [0.4, 0.5) is 0 Å². The normalized spacial score (nSPS) is 20.5. The summed E-state index contributed by atoms with van der Waals surface area (Å²) in [5.41, 5.74) is 6.41. The Labute approximate surface area is 128 Å². The molecule has 5 nitrogen and oxygen atoms in total. The standard InChI is InChI=1S/C13H15ClN2O3.ClH/c14-10-4-8(5-11-12(10)19-7-18-11)13(17)16-3-1-2-9(15)6-16;/h4-5,9H,1-3,6-7,15H2;1H. The summed E-state index contributed by atoms with van der Waals surface area (Å²) in [7, 11) is 0. The number of carbonyl (C=O) groups is 1. The minimum atomic E-state index is -0.0599. The largest absolute Gasteiger partial charge is 0.454 e. The lowest BCUT2D eigenvalue weighted by Crippen LogP contribution is -2.45. The number of halogens is 2. The zero-order valence-electron chi connectivity index (χ0n) is 10.8. The highest BCUT2D eigenvalue weighted by molar-refractivity contribution is 6.32. The Balaban J connectivity index is 0.00000147. The van der Waals surface area contributed by atoms with Gasteiger partial charge >= 0.3 is 0 Å². The minimum absolute atomic E-state index is 0. The number of hydrogen-bond donors (Lipinski definition) is 1. The fourth-order valence-electron chi connectivity index (χ4n) is 2.47. The minimum Gasteiger partial charge on any atom is -0.454 e. The molecule has 1 aromatic carbocycles. The third kappa shape index (κ3) is 2.80. The predicted octanol–water partition coefficient (Wildman–Crippen LogP) is 2.05. The van der Waals surface area contributed by atoms with Gasteiger partial charge in [0.25, 0.3) is 5.91 Å². The molecular weight excluding hydrogens is 303 g/mol. The molecule has 2 N–H and O–H groups in total. The number of nitrogens with two attached hydrogens (primary N) is 1. The molecule has 0 aromatic heterocycles. The summed E-state index contributed by atoms with van der Waals surface area (Å²) in [6, 6.07) is 3.36. The first-order valence-electron chi connectivity index (χ1n) is 6.29. The zero-order chi connectivity index (χ0) is 13.4. The van der Waals surface area contributed by atoms with E-state index in [4.69, 9.17) is 26.8 Å². The maximum Gasteiger partial charge on any atom is 0.254 e. The van der Waals surface area contributed by atoms with Gasteiger partial charge in [-0.3, -0.25) is 4.79 Å². The van der Waals surface area contributed by atoms with Crippen LogP contribution >= 0.6 is 24.0 Å². The number of benzene rings is 1. The summed E-state index contributed by atoms with van der Waals surface area (Å²) in [6.45, 7) is 1.46. The second-order valence-corrected chi connectivity index (χ2v) is 5.25. The summed E-state index contributed by atoms with van der Waals surface area (Å²) in [5, 5.41) is 0.402. The maximum absolute atomic E-state index is 12.4. The van der Waals surface area contributed by atoms with Gasteiger partial charge in [-0.1, -0.05) is 11.6 Å². The predicted molar refractivity (Wildman–Crippen MR) is 77.9 cm³/mol. The summed E-state index contributed by atoms with van der Waals surface area (Å²) in [5.74, 6) is 0.973. The number of amides is 1. The number of ether oxygens (including phenoxy) is 2. The first-order valence-corrected chi connectivity index (χ1v) is 6.67. The molecular formula is C13H16Cl2N2O3. The highest BCUT2D eigenvalue weighted by Gasteiger charge is 2.25. The van der Waals surface area contributed by atoms with E-state index in [0.29, 0.717) is 28.6 Å². The van der Waals surface area contributed by atoms with Crippen LogP contribution in [0.5, 0.6) is 11.5 Å². The van der Waals surface area contributed by atoms with Gasteiger partial charge in [0.1, 0.15) is 0 Å². The highest BCUT2D eigenvalue weighted by atomic mass is 35.5. The first-order chi connectivity index (χ1) is 9.15. The van der Waals surface area contributed by atoms with Crippen LogP contribution in [0.3, 0.4) is 0 Å². The Morgan fingerprint density at radius 1 is 1.40 bits per heavy atom. The smallest absolute Gasteiger partial charge is 0.254 e. The third-order valence-corrected chi connectivity index (χ3v) is 3.70. The van der Waals surface area contributed by atoms with Crippen molar-refractivity contribution in [3.05, 3.63) is 22.7 Å². The Morgan fingerprint density at radius 2 is 2.20 bits per heavy atom. The molecule has 2 aliphatic heterocycles. The van der Waals surface area contributed by atoms with E-state index in [1.54, 1.807) is 17.0 Å². The van der Waals surface area contributed by atoms with Crippen LogP contribution in [-0.2, 0) is 0 Å². The third-order valence-electron chi connectivity index (χ3n) is 3.42. The Bertz CT molecular complexity index is 525. The molecule has 1 amide bonds. The van der Waals surface area contributed by atoms with Crippen molar-refractivity contribution < 1.29 is 14.3 Å². The molecule has 0 saturated carbocycles. The van der Waals surface area contributed by atoms with E-state index >= 15 is 0 Å². The number of carbonyl (C=O) groups excluding carboxylic acids is 1. The van der Waals surface area contributed by atoms with Crippen molar-refractivity contribution in [3.8, 4) is 11.5 Å². The maximum atomic E-state index is 12.4. The Kier molecular flexibility index (Phi) is 4.62. The van der Waals surface area contributed by atoms with Crippen molar-refractivity contribution in [2.24, 2.45) is 5.73 Å². The van der Waals surface area contributed by atoms with Gasteiger partial charge in [-0.2, -0.15) is 0 Å². The van der Waals surface area contributed by atoms with Crippen molar-refractivity contribution in [1.82, 2.24) is 4.90 Å². The second kappa shape index (κ2) is 6.08. The van der Waals surface area contributed by atoms with Gasteiger partial charge in [0.05, 0.1) is 5.02 Å². The number of hydrogen-bond acceptors (Lipinski definition) is 4. The van der Waals surface area contributed by atoms with E-state index in [1.165, 1.54) is 0 Å². The van der Waals surface area contributed by atoms with Gasteiger partial charge in [0, 0.05) is 24.7 Å². The molecule has 20 heavy (non-hydrogen) atoms. The number of piperidine rings is 1. The zero-order valence-corrected chi connectivity index (χ0v) is 12.4. The number of fused-ring (bicyclic) bond motifs is 1. The molecule has 0 spiro atoms. The molecule has 0 radical (unpaired) electrons. The molecule has 2 heterocycles. The lowest BCUT2D eigenvalue weighted by atomic mass is 10.1. The van der Waals surface area contributed by atoms with Gasteiger partial charge in [-0.15, -0.1) is 12.4 Å². The van der Waals surface area contributed by atoms with E-state index < -0.39 is 0 Å². The van der Waals surface area contributed by atoms with E-state index in [1.807, 2.05) is 0 Å². The van der Waals surface area contributed by atoms with Crippen LogP contribution in [0.1, 0.15) is 23.2 Å². The molecule has 0 bridgehead atoms. The van der Waals surface area contributed by atoms with Crippen molar-refractivity contribution in [3.63, 3.8) is 0 Å². The van der Waals surface area contributed by atoms with Crippen LogP contribution in [-0.4, -0.2) is 36.7 Å². The molecule has 1 unspecified atom stereocenters. The van der Waals surface area contributed by atoms with Gasteiger partial charge in [0.15, 0.2) is 11.5 Å². The molecule has 7 heteroatoms. The molecule has 1 aromatic rings. The second-order valence-electron chi connectivity index (χ2n) is 4.85. The van der Waals surface area contributed by atoms with Crippen molar-refractivity contribution >= 4 is 29.9 Å². The summed E-state index contributed by atoms with van der Waals surface area (Å²) in [4.78, 5) is 14.2. The molecule has 3 rings (SSSR count). The average molecular weight is 319 g/mol. The van der Waals surface area contributed by atoms with Gasteiger partial charge in [-0.05, 0) is 25.0 Å². The lowest BCUT2D eigenvalue weighted by molar-refractivity contribution is 0.0708. The SMILES string of the molecule is Cl.NC1CCCN(C(=O)c2cc(Cl)c3c(c2)OCO3)C1. The molecule has 1 atom stereocenters. The summed E-state index contributed by atoms with van der Waals surface area (Å²) >= 11 is 6.09. The van der Waals surface area contributed by atoms with Crippen molar-refractivity contribution in [2.45, 2.75) is 18.9 Å². The lowest BCUT2D eigenvalue weighted by Gasteiger charge is -2.30. The molecule has 110 valence electrons. The molecule has 1 fully saturated rings. The number of rotatable bonds is 1. The van der Waals surface area contributed by atoms with Crippen LogP contribution in [0.25, 0.3) is 0 Å². The van der Waals surface area contributed by atoms with E-state index in [9.17, 15) is 4.79 Å². The number of likely N-dealkylation sites (tertiary alicyclic amines) is 1. The molecule has 1 saturated heterocycles. The van der Waals surface area contributed by atoms with E-state index in [2.05, 4.69) is 0 Å². The van der Waals surface area contributed by atoms with E-state index in [-0.39, 0.29) is 31.1 Å². The van der Waals surface area contributed by atoms with Crippen LogP contribution < -0.4 is 15.2 Å². The van der Waals surface area contributed by atoms with E-state index in [0.717, 1.165) is 19.4 Å². The quantitative estimate of drug-likeness (QED) is 0.860. The Morgan fingerprint density at radius 3 is 2.95 bits per heavy atom. The summed E-state index contributed by atoms with van der Waals surface area (Å²) < 4.78 is 10.5. The van der Waals surface area contributed by atoms with Crippen LogP contribution in [0.15, 0.2) is 12.1 Å². The van der Waals surface area contributed by atoms with Gasteiger partial charge in [0.2, 0.25) is 6.79 Å². The monoisotopic (exact) mass is 318 g/mol. The fraction of sp³-hybridized carbons (Fsp3) is 0.462. The van der Waals surface area contributed by atoms with Crippen molar-refractivity contribution in [2.75, 3.05) is 19.9 Å². The fourth-order valence-corrected chi connectivity index (χ4v) is 2.73. The molecule has 2 aliphatic rings. The molecule has 0 aliphatic carbocycles. The topological polar surface area (TPSA) is 64.8 Å². The van der Waals surface area contributed by atoms with Crippen LogP contribution in [0, 0.1) is 0 Å². The van der Waals surface area contributed by atoms with Crippen LogP contribution in [0.2, 0.25) is 5.02 Å². The first kappa shape index (κ1) is 15.2. The van der Waals surface area contributed by atoms with Gasteiger partial charge in [-0.25, -0.2) is 0 Å². The van der Waals surface area contributed by atoms with Crippen molar-refractivity contribution in [1.29, 1.82) is 0 Å². The summed E-state index contributed by atoms with van der Waals surface area (Å²) in [6.07, 6.45) is 1.90. The average Bonchev–Trinajstić information content (AvgIpc) is 2.86. The number of nitrogens with zero attached hydrogens (tertiary/aromatic N) is 1. The van der Waals surface area contributed by atoms with Gasteiger partial charge < -0.3 is 20.1 Å². The highest BCUT2D eigenvalue weighted by Crippen LogP contribution is 2.40. The Hall–Kier alpha value is -1.17.